The molecule has 1 amide bonds. The van der Waals surface area contributed by atoms with E-state index in [0.29, 0.717) is 12.3 Å². The third-order valence-corrected chi connectivity index (χ3v) is 4.15. The van der Waals surface area contributed by atoms with E-state index in [0.717, 1.165) is 51.5 Å². The summed E-state index contributed by atoms with van der Waals surface area (Å²) in [5.74, 6) is 1.08. The summed E-state index contributed by atoms with van der Waals surface area (Å²) < 4.78 is 5.35. The highest BCUT2D eigenvalue weighted by atomic mass is 16.5. The maximum Gasteiger partial charge on any atom is 0.222 e. The van der Waals surface area contributed by atoms with Crippen LogP contribution in [0.4, 0.5) is 0 Å². The number of ether oxygens (including phenoxy) is 1. The van der Waals surface area contributed by atoms with Crippen LogP contribution < -0.4 is 5.73 Å². The predicted molar refractivity (Wildman–Crippen MR) is 71.2 cm³/mol. The van der Waals surface area contributed by atoms with E-state index in [1.54, 1.807) is 0 Å². The topological polar surface area (TPSA) is 55.6 Å². The molecule has 0 aromatic heterocycles. The molecule has 0 aromatic carbocycles. The average molecular weight is 254 g/mol. The summed E-state index contributed by atoms with van der Waals surface area (Å²) in [5.41, 5.74) is 5.90. The summed E-state index contributed by atoms with van der Waals surface area (Å²) in [7, 11) is 0. The Hall–Kier alpha value is -0.610. The molecule has 2 heterocycles. The molecule has 0 spiro atoms. The Bertz CT molecular complexity index is 265. The van der Waals surface area contributed by atoms with Crippen LogP contribution in [0.1, 0.15) is 44.9 Å². The van der Waals surface area contributed by atoms with E-state index in [1.165, 1.54) is 19.3 Å². The third-order valence-electron chi connectivity index (χ3n) is 4.15. The van der Waals surface area contributed by atoms with Gasteiger partial charge in [-0.15, -0.1) is 0 Å². The van der Waals surface area contributed by atoms with Gasteiger partial charge in [0.05, 0.1) is 0 Å². The van der Waals surface area contributed by atoms with Crippen molar-refractivity contribution in [2.45, 2.75) is 51.0 Å². The number of hydrogen-bond acceptors (Lipinski definition) is 3. The van der Waals surface area contributed by atoms with Crippen LogP contribution in [-0.4, -0.2) is 43.2 Å². The number of carbonyl (C=O) groups excluding carboxylic acids is 1. The maximum absolute atomic E-state index is 12.0. The molecule has 1 unspecified atom stereocenters. The second kappa shape index (κ2) is 7.10. The van der Waals surface area contributed by atoms with Gasteiger partial charge >= 0.3 is 0 Å². The van der Waals surface area contributed by atoms with Crippen LogP contribution in [0.2, 0.25) is 0 Å². The van der Waals surface area contributed by atoms with Crippen LogP contribution in [0.5, 0.6) is 0 Å². The van der Waals surface area contributed by atoms with E-state index in [4.69, 9.17) is 10.5 Å². The first-order chi connectivity index (χ1) is 8.75. The molecular formula is C14H26N2O2. The molecule has 0 bridgehead atoms. The number of rotatable bonds is 4. The van der Waals surface area contributed by atoms with Crippen molar-refractivity contribution in [1.29, 1.82) is 0 Å². The van der Waals surface area contributed by atoms with Gasteiger partial charge < -0.3 is 15.4 Å². The third kappa shape index (κ3) is 4.25. The van der Waals surface area contributed by atoms with Crippen LogP contribution in [0, 0.1) is 5.92 Å². The van der Waals surface area contributed by atoms with Gasteiger partial charge in [-0.3, -0.25) is 4.79 Å². The Balaban J connectivity index is 1.61. The molecule has 1 atom stereocenters. The van der Waals surface area contributed by atoms with E-state index >= 15 is 0 Å². The summed E-state index contributed by atoms with van der Waals surface area (Å²) in [4.78, 5) is 14.0. The molecule has 2 fully saturated rings. The minimum atomic E-state index is 0.193. The van der Waals surface area contributed by atoms with Crippen LogP contribution in [0.25, 0.3) is 0 Å². The number of amides is 1. The SMILES string of the molecule is NC1CCCN(C(=O)CCCC2CCOCC2)C1. The Morgan fingerprint density at radius 2 is 2.06 bits per heavy atom. The van der Waals surface area contributed by atoms with Gasteiger partial charge in [-0.2, -0.15) is 0 Å². The Kier molecular flexibility index (Phi) is 5.45. The van der Waals surface area contributed by atoms with E-state index < -0.39 is 0 Å². The smallest absolute Gasteiger partial charge is 0.222 e. The summed E-state index contributed by atoms with van der Waals surface area (Å²) in [6.45, 7) is 3.47. The van der Waals surface area contributed by atoms with E-state index in [1.807, 2.05) is 4.90 Å². The highest BCUT2D eigenvalue weighted by molar-refractivity contribution is 5.76. The lowest BCUT2D eigenvalue weighted by Crippen LogP contribution is -2.45. The first-order valence-electron chi connectivity index (χ1n) is 7.37. The Morgan fingerprint density at radius 1 is 1.28 bits per heavy atom. The molecule has 2 rings (SSSR count). The van der Waals surface area contributed by atoms with Gasteiger partial charge in [0.1, 0.15) is 0 Å². The molecule has 2 aliphatic heterocycles. The molecule has 2 aliphatic rings. The van der Waals surface area contributed by atoms with Crippen molar-refractivity contribution in [3.8, 4) is 0 Å². The second-order valence-electron chi connectivity index (χ2n) is 5.69. The quantitative estimate of drug-likeness (QED) is 0.828. The normalized spacial score (nSPS) is 26.3. The number of piperidine rings is 1. The summed E-state index contributed by atoms with van der Waals surface area (Å²) >= 11 is 0. The zero-order valence-corrected chi connectivity index (χ0v) is 11.3. The van der Waals surface area contributed by atoms with Gasteiger partial charge in [-0.05, 0) is 44.4 Å². The highest BCUT2D eigenvalue weighted by Gasteiger charge is 2.21. The number of nitrogens with two attached hydrogens (primary N) is 1. The van der Waals surface area contributed by atoms with Crippen LogP contribution in [-0.2, 0) is 9.53 Å². The van der Waals surface area contributed by atoms with Gasteiger partial charge in [-0.25, -0.2) is 0 Å². The van der Waals surface area contributed by atoms with Gasteiger partial charge in [0.25, 0.3) is 0 Å². The standard InChI is InChI=1S/C14H26N2O2/c15-13-4-2-8-16(11-13)14(17)5-1-3-12-6-9-18-10-7-12/h12-13H,1-11,15H2. The lowest BCUT2D eigenvalue weighted by molar-refractivity contribution is -0.132. The maximum atomic E-state index is 12.0. The number of nitrogens with zero attached hydrogens (tertiary/aromatic N) is 1. The van der Waals surface area contributed by atoms with Crippen LogP contribution in [0.3, 0.4) is 0 Å². The van der Waals surface area contributed by atoms with Gasteiger partial charge in [-0.1, -0.05) is 0 Å². The largest absolute Gasteiger partial charge is 0.381 e. The molecule has 104 valence electrons. The number of hydrogen-bond donors (Lipinski definition) is 1. The second-order valence-corrected chi connectivity index (χ2v) is 5.69. The highest BCUT2D eigenvalue weighted by Crippen LogP contribution is 2.21. The molecule has 2 saturated heterocycles. The molecule has 4 heteroatoms. The van der Waals surface area contributed by atoms with Crippen molar-refractivity contribution in [3.63, 3.8) is 0 Å². The first kappa shape index (κ1) is 13.8. The average Bonchev–Trinajstić information content (AvgIpc) is 2.40. The monoisotopic (exact) mass is 254 g/mol. The van der Waals surface area contributed by atoms with E-state index in [-0.39, 0.29) is 6.04 Å². The number of carbonyl (C=O) groups is 1. The molecule has 2 N–H and O–H groups in total. The van der Waals surface area contributed by atoms with Crippen molar-refractivity contribution in [3.05, 3.63) is 0 Å². The molecule has 4 nitrogen and oxygen atoms in total. The fourth-order valence-electron chi connectivity index (χ4n) is 2.97. The molecule has 0 radical (unpaired) electrons. The summed E-state index contributed by atoms with van der Waals surface area (Å²) in [6, 6.07) is 0.193. The first-order valence-corrected chi connectivity index (χ1v) is 7.37. The van der Waals surface area contributed by atoms with Crippen molar-refractivity contribution < 1.29 is 9.53 Å². The fourth-order valence-corrected chi connectivity index (χ4v) is 2.97. The zero-order valence-electron chi connectivity index (χ0n) is 11.3. The van der Waals surface area contributed by atoms with Gasteiger partial charge in [0.2, 0.25) is 5.91 Å². The van der Waals surface area contributed by atoms with Crippen molar-refractivity contribution in [2.75, 3.05) is 26.3 Å². The van der Waals surface area contributed by atoms with Crippen molar-refractivity contribution >= 4 is 5.91 Å². The van der Waals surface area contributed by atoms with Crippen molar-refractivity contribution in [1.82, 2.24) is 4.90 Å². The Morgan fingerprint density at radius 3 is 2.78 bits per heavy atom. The zero-order chi connectivity index (χ0) is 12.8. The lowest BCUT2D eigenvalue weighted by atomic mass is 9.94. The molecule has 0 saturated carbocycles. The molecule has 0 aliphatic carbocycles. The summed E-state index contributed by atoms with van der Waals surface area (Å²) in [6.07, 6.45) is 7.36. The molecule has 18 heavy (non-hydrogen) atoms. The van der Waals surface area contributed by atoms with E-state index in [9.17, 15) is 4.79 Å². The van der Waals surface area contributed by atoms with E-state index in [2.05, 4.69) is 0 Å². The van der Waals surface area contributed by atoms with Crippen molar-refractivity contribution in [2.24, 2.45) is 11.7 Å². The van der Waals surface area contributed by atoms with Gasteiger partial charge in [0, 0.05) is 38.8 Å². The summed E-state index contributed by atoms with van der Waals surface area (Å²) in [5, 5.41) is 0. The van der Waals surface area contributed by atoms with Crippen LogP contribution in [0.15, 0.2) is 0 Å². The Labute approximate surface area is 110 Å². The number of likely N-dealkylation sites (tertiary alicyclic amines) is 1. The fraction of sp³-hybridized carbons (Fsp3) is 0.929. The molecular weight excluding hydrogens is 228 g/mol. The predicted octanol–water partition coefficient (Wildman–Crippen LogP) is 1.53. The minimum Gasteiger partial charge on any atom is -0.381 e. The van der Waals surface area contributed by atoms with Gasteiger partial charge in [0.15, 0.2) is 0 Å². The minimum absolute atomic E-state index is 0.193. The molecule has 0 aromatic rings. The lowest BCUT2D eigenvalue weighted by Gasteiger charge is -2.31. The van der Waals surface area contributed by atoms with Crippen LogP contribution >= 0.6 is 0 Å².